The fourth-order valence-corrected chi connectivity index (χ4v) is 3.92. The number of primary amides is 1. The Balaban J connectivity index is 1.32. The largest absolute Gasteiger partial charge is 0.486 e. The number of pyridine rings is 1. The molecule has 1 saturated heterocycles. The highest BCUT2D eigenvalue weighted by Gasteiger charge is 2.24. The van der Waals surface area contributed by atoms with Gasteiger partial charge in [0, 0.05) is 17.6 Å². The number of benzene rings is 1. The smallest absolute Gasteiger partial charge is 0.291 e. The van der Waals surface area contributed by atoms with Gasteiger partial charge in [0.1, 0.15) is 23.9 Å². The van der Waals surface area contributed by atoms with E-state index < -0.39 is 0 Å². The lowest BCUT2D eigenvalue weighted by atomic mass is 9.97. The van der Waals surface area contributed by atoms with Crippen molar-refractivity contribution in [2.75, 3.05) is 23.3 Å². The van der Waals surface area contributed by atoms with Gasteiger partial charge >= 0.3 is 0 Å². The fraction of sp³-hybridized carbons (Fsp3) is 0.261. The Bertz CT molecular complexity index is 1100. The van der Waals surface area contributed by atoms with Crippen LogP contribution in [0.4, 0.5) is 11.5 Å². The maximum absolute atomic E-state index is 12.5. The van der Waals surface area contributed by atoms with Crippen LogP contribution >= 0.6 is 15.9 Å². The minimum absolute atomic E-state index is 0.162. The summed E-state index contributed by atoms with van der Waals surface area (Å²) in [7, 11) is 0. The second-order valence-corrected chi connectivity index (χ2v) is 8.47. The number of amides is 2. The minimum atomic E-state index is -0.375. The molecule has 1 aromatic carbocycles. The van der Waals surface area contributed by atoms with Crippen LogP contribution < -0.4 is 20.7 Å². The molecule has 0 saturated carbocycles. The standard InChI is InChI=1S/C23H23BrN4O4/c24-16-4-1-5-18(11-16)31-14-19-7-8-20(32-19)23(30)27-17-6-9-21(26-12-17)28-10-2-3-15(13-28)22(25)29/h1,4-9,11-12,15H,2-3,10,13-14H2,(H2,25,29)(H,27,30). The number of anilines is 2. The van der Waals surface area contributed by atoms with E-state index in [4.69, 9.17) is 14.9 Å². The normalized spacial score (nSPS) is 15.9. The van der Waals surface area contributed by atoms with Gasteiger partial charge in [0.15, 0.2) is 5.76 Å². The molecule has 3 heterocycles. The van der Waals surface area contributed by atoms with Crippen molar-refractivity contribution in [1.29, 1.82) is 0 Å². The molecule has 1 aliphatic rings. The molecule has 3 N–H and O–H groups in total. The summed E-state index contributed by atoms with van der Waals surface area (Å²) in [5.74, 6) is 1.35. The van der Waals surface area contributed by atoms with Crippen LogP contribution in [0.15, 0.2) is 63.6 Å². The van der Waals surface area contributed by atoms with E-state index in [1.165, 1.54) is 0 Å². The van der Waals surface area contributed by atoms with Crippen molar-refractivity contribution in [1.82, 2.24) is 4.98 Å². The van der Waals surface area contributed by atoms with Gasteiger partial charge in [-0.25, -0.2) is 4.98 Å². The monoisotopic (exact) mass is 498 g/mol. The van der Waals surface area contributed by atoms with Gasteiger partial charge in [-0.2, -0.15) is 0 Å². The number of piperidine rings is 1. The summed E-state index contributed by atoms with van der Waals surface area (Å²) in [5, 5.41) is 2.78. The highest BCUT2D eigenvalue weighted by Crippen LogP contribution is 2.23. The summed E-state index contributed by atoms with van der Waals surface area (Å²) >= 11 is 3.40. The van der Waals surface area contributed by atoms with Crippen LogP contribution in [-0.2, 0) is 11.4 Å². The number of aromatic nitrogens is 1. The summed E-state index contributed by atoms with van der Waals surface area (Å²) in [6.07, 6.45) is 3.28. The Labute approximate surface area is 193 Å². The average Bonchev–Trinajstić information content (AvgIpc) is 3.28. The zero-order valence-electron chi connectivity index (χ0n) is 17.3. The zero-order valence-corrected chi connectivity index (χ0v) is 18.9. The molecular weight excluding hydrogens is 476 g/mol. The second kappa shape index (κ2) is 9.86. The maximum Gasteiger partial charge on any atom is 0.291 e. The molecule has 8 nitrogen and oxygen atoms in total. The lowest BCUT2D eigenvalue weighted by molar-refractivity contribution is -0.122. The zero-order chi connectivity index (χ0) is 22.5. The van der Waals surface area contributed by atoms with E-state index in [0.29, 0.717) is 23.7 Å². The van der Waals surface area contributed by atoms with E-state index in [0.717, 1.165) is 29.7 Å². The topological polar surface area (TPSA) is 111 Å². The molecule has 166 valence electrons. The lowest BCUT2D eigenvalue weighted by Crippen LogP contribution is -2.41. The summed E-state index contributed by atoms with van der Waals surface area (Å²) in [5.41, 5.74) is 5.99. The van der Waals surface area contributed by atoms with Gasteiger partial charge in [0.25, 0.3) is 5.91 Å². The molecule has 9 heteroatoms. The number of hydrogen-bond acceptors (Lipinski definition) is 6. The predicted octanol–water partition coefficient (Wildman–Crippen LogP) is 3.97. The van der Waals surface area contributed by atoms with Gasteiger partial charge in [0.05, 0.1) is 17.8 Å². The van der Waals surface area contributed by atoms with Gasteiger partial charge in [-0.05, 0) is 55.3 Å². The van der Waals surface area contributed by atoms with Crippen molar-refractivity contribution in [2.24, 2.45) is 11.7 Å². The Kier molecular flexibility index (Phi) is 6.75. The number of hydrogen-bond donors (Lipinski definition) is 2. The first-order valence-electron chi connectivity index (χ1n) is 10.3. The first-order chi connectivity index (χ1) is 15.5. The van der Waals surface area contributed by atoms with E-state index in [1.807, 2.05) is 35.2 Å². The third kappa shape index (κ3) is 5.47. The molecule has 1 unspecified atom stereocenters. The van der Waals surface area contributed by atoms with Crippen molar-refractivity contribution >= 4 is 39.2 Å². The molecule has 0 radical (unpaired) electrons. The number of halogens is 1. The lowest BCUT2D eigenvalue weighted by Gasteiger charge is -2.32. The molecular formula is C23H23BrN4O4. The van der Waals surface area contributed by atoms with E-state index >= 15 is 0 Å². The Morgan fingerprint density at radius 1 is 1.25 bits per heavy atom. The first kappa shape index (κ1) is 21.9. The number of rotatable bonds is 7. The van der Waals surface area contributed by atoms with E-state index in [9.17, 15) is 9.59 Å². The molecule has 4 rings (SSSR count). The number of nitrogens with zero attached hydrogens (tertiary/aromatic N) is 2. The van der Waals surface area contributed by atoms with Crippen molar-refractivity contribution in [2.45, 2.75) is 19.4 Å². The van der Waals surface area contributed by atoms with Crippen molar-refractivity contribution < 1.29 is 18.7 Å². The molecule has 2 amide bonds. The Morgan fingerprint density at radius 3 is 2.88 bits per heavy atom. The summed E-state index contributed by atoms with van der Waals surface area (Å²) < 4.78 is 12.2. The average molecular weight is 499 g/mol. The number of ether oxygens (including phenoxy) is 1. The van der Waals surface area contributed by atoms with Gasteiger partial charge in [0.2, 0.25) is 5.91 Å². The highest BCUT2D eigenvalue weighted by molar-refractivity contribution is 9.10. The molecule has 1 fully saturated rings. The highest BCUT2D eigenvalue weighted by atomic mass is 79.9. The number of furan rings is 1. The van der Waals surface area contributed by atoms with Crippen LogP contribution in [0.1, 0.15) is 29.2 Å². The van der Waals surface area contributed by atoms with Crippen LogP contribution in [0, 0.1) is 5.92 Å². The maximum atomic E-state index is 12.5. The molecule has 1 aliphatic heterocycles. The molecule has 32 heavy (non-hydrogen) atoms. The number of carbonyl (C=O) groups is 2. The first-order valence-corrected chi connectivity index (χ1v) is 11.1. The summed E-state index contributed by atoms with van der Waals surface area (Å²) in [4.78, 5) is 30.4. The summed E-state index contributed by atoms with van der Waals surface area (Å²) in [6, 6.07) is 14.4. The van der Waals surface area contributed by atoms with Crippen molar-refractivity contribution in [3.8, 4) is 5.75 Å². The molecule has 0 bridgehead atoms. The SMILES string of the molecule is NC(=O)C1CCCN(c2ccc(NC(=O)c3ccc(COc4cccc(Br)c4)o3)cn2)C1. The van der Waals surface area contributed by atoms with Crippen LogP contribution in [-0.4, -0.2) is 29.9 Å². The van der Waals surface area contributed by atoms with Crippen LogP contribution in [0.3, 0.4) is 0 Å². The Morgan fingerprint density at radius 2 is 2.12 bits per heavy atom. The van der Waals surface area contributed by atoms with Crippen LogP contribution in [0.5, 0.6) is 5.75 Å². The molecule has 1 atom stereocenters. The van der Waals surface area contributed by atoms with E-state index in [-0.39, 0.29) is 30.1 Å². The molecule has 0 aliphatic carbocycles. The predicted molar refractivity (Wildman–Crippen MR) is 124 cm³/mol. The molecule has 3 aromatic rings. The van der Waals surface area contributed by atoms with Crippen molar-refractivity contribution in [3.63, 3.8) is 0 Å². The van der Waals surface area contributed by atoms with Crippen LogP contribution in [0.25, 0.3) is 0 Å². The van der Waals surface area contributed by atoms with E-state index in [2.05, 4.69) is 26.2 Å². The number of carbonyl (C=O) groups excluding carboxylic acids is 2. The van der Waals surface area contributed by atoms with Gasteiger partial charge in [-0.3, -0.25) is 9.59 Å². The second-order valence-electron chi connectivity index (χ2n) is 7.56. The Hall–Kier alpha value is -3.33. The number of nitrogens with two attached hydrogens (primary N) is 1. The van der Waals surface area contributed by atoms with Gasteiger partial charge in [-0.1, -0.05) is 22.0 Å². The number of nitrogens with one attached hydrogen (secondary N) is 1. The minimum Gasteiger partial charge on any atom is -0.486 e. The third-order valence-electron chi connectivity index (χ3n) is 5.22. The summed E-state index contributed by atoms with van der Waals surface area (Å²) in [6.45, 7) is 1.59. The van der Waals surface area contributed by atoms with E-state index in [1.54, 1.807) is 24.4 Å². The van der Waals surface area contributed by atoms with Gasteiger partial charge < -0.3 is 25.1 Å². The van der Waals surface area contributed by atoms with Gasteiger partial charge in [-0.15, -0.1) is 0 Å². The molecule has 0 spiro atoms. The third-order valence-corrected chi connectivity index (χ3v) is 5.71. The van der Waals surface area contributed by atoms with Crippen LogP contribution in [0.2, 0.25) is 0 Å². The quantitative estimate of drug-likeness (QED) is 0.509. The van der Waals surface area contributed by atoms with Crippen molar-refractivity contribution in [3.05, 3.63) is 70.7 Å². The molecule has 2 aromatic heterocycles. The fourth-order valence-electron chi connectivity index (χ4n) is 3.55.